The van der Waals surface area contributed by atoms with Gasteiger partial charge in [0, 0.05) is 18.5 Å². The van der Waals surface area contributed by atoms with Crippen LogP contribution in [0.4, 0.5) is 4.79 Å². The van der Waals surface area contributed by atoms with Crippen LogP contribution in [0.2, 0.25) is 0 Å². The number of rotatable bonds is 0. The highest BCUT2D eigenvalue weighted by molar-refractivity contribution is 5.68. The quantitative estimate of drug-likeness (QED) is 0.591. The van der Waals surface area contributed by atoms with E-state index in [1.807, 2.05) is 27.7 Å². The molecule has 0 spiro atoms. The van der Waals surface area contributed by atoms with Crippen molar-refractivity contribution in [3.63, 3.8) is 0 Å². The summed E-state index contributed by atoms with van der Waals surface area (Å²) in [7, 11) is 0. The van der Waals surface area contributed by atoms with Gasteiger partial charge in [-0.1, -0.05) is 0 Å². The smallest absolute Gasteiger partial charge is 0.410 e. The maximum atomic E-state index is 11.9. The zero-order valence-electron chi connectivity index (χ0n) is 10.6. The Balaban J connectivity index is 2.56. The molecule has 2 atom stereocenters. The van der Waals surface area contributed by atoms with Crippen LogP contribution in [0.15, 0.2) is 0 Å². The Kier molecular flexibility index (Phi) is 3.85. The number of hydrogen-bond donors (Lipinski definition) is 0. The van der Waals surface area contributed by atoms with Crippen molar-refractivity contribution in [2.45, 2.75) is 52.2 Å². The van der Waals surface area contributed by atoms with E-state index in [9.17, 15) is 4.79 Å². The van der Waals surface area contributed by atoms with Crippen molar-refractivity contribution in [2.75, 3.05) is 6.54 Å². The Morgan fingerprint density at radius 2 is 2.12 bits per heavy atom. The van der Waals surface area contributed by atoms with Crippen LogP contribution in [0.25, 0.3) is 0 Å². The van der Waals surface area contributed by atoms with E-state index in [1.165, 1.54) is 0 Å². The minimum absolute atomic E-state index is 0.171. The fourth-order valence-corrected chi connectivity index (χ4v) is 1.92. The number of piperidine rings is 1. The van der Waals surface area contributed by atoms with E-state index in [4.69, 9.17) is 11.2 Å². The number of hydrogen-bond acceptors (Lipinski definition) is 2. The van der Waals surface area contributed by atoms with Gasteiger partial charge in [0.15, 0.2) is 0 Å². The first-order valence-electron chi connectivity index (χ1n) is 5.79. The van der Waals surface area contributed by atoms with E-state index in [0.29, 0.717) is 12.5 Å². The highest BCUT2D eigenvalue weighted by Gasteiger charge is 2.30. The Bertz CT molecular complexity index is 298. The third-order valence-corrected chi connectivity index (χ3v) is 2.74. The molecule has 3 nitrogen and oxygen atoms in total. The Labute approximate surface area is 98.1 Å². The molecule has 1 saturated heterocycles. The molecule has 1 aliphatic heterocycles. The Morgan fingerprint density at radius 1 is 1.50 bits per heavy atom. The molecule has 16 heavy (non-hydrogen) atoms. The molecule has 0 radical (unpaired) electrons. The van der Waals surface area contributed by atoms with Crippen LogP contribution in [0.1, 0.15) is 40.5 Å². The van der Waals surface area contributed by atoms with Gasteiger partial charge in [-0.25, -0.2) is 4.79 Å². The number of carbonyl (C=O) groups is 1. The van der Waals surface area contributed by atoms with Crippen LogP contribution in [0, 0.1) is 18.3 Å². The Hall–Kier alpha value is -1.17. The zero-order valence-corrected chi connectivity index (χ0v) is 10.6. The van der Waals surface area contributed by atoms with Crippen LogP contribution in [0.5, 0.6) is 0 Å². The van der Waals surface area contributed by atoms with Crippen LogP contribution in [0.3, 0.4) is 0 Å². The average molecular weight is 223 g/mol. The second kappa shape index (κ2) is 4.78. The third-order valence-electron chi connectivity index (χ3n) is 2.74. The maximum Gasteiger partial charge on any atom is 0.410 e. The minimum Gasteiger partial charge on any atom is -0.444 e. The summed E-state index contributed by atoms with van der Waals surface area (Å²) >= 11 is 0. The van der Waals surface area contributed by atoms with Crippen LogP contribution < -0.4 is 0 Å². The zero-order chi connectivity index (χ0) is 12.3. The molecule has 3 heteroatoms. The highest BCUT2D eigenvalue weighted by atomic mass is 16.6. The largest absolute Gasteiger partial charge is 0.444 e. The van der Waals surface area contributed by atoms with Crippen molar-refractivity contribution in [2.24, 2.45) is 5.92 Å². The van der Waals surface area contributed by atoms with Gasteiger partial charge in [0.25, 0.3) is 0 Å². The molecule has 2 unspecified atom stereocenters. The number of amides is 1. The summed E-state index contributed by atoms with van der Waals surface area (Å²) in [4.78, 5) is 13.6. The van der Waals surface area contributed by atoms with Gasteiger partial charge in [0.2, 0.25) is 0 Å². The first-order valence-corrected chi connectivity index (χ1v) is 5.79. The number of ether oxygens (including phenoxy) is 1. The van der Waals surface area contributed by atoms with E-state index in [2.05, 4.69) is 5.92 Å². The average Bonchev–Trinajstić information content (AvgIpc) is 2.14. The van der Waals surface area contributed by atoms with Crippen LogP contribution in [-0.4, -0.2) is 29.2 Å². The number of likely N-dealkylation sites (tertiary alicyclic amines) is 1. The molecular weight excluding hydrogens is 202 g/mol. The third kappa shape index (κ3) is 3.44. The summed E-state index contributed by atoms with van der Waals surface area (Å²) in [5.74, 6) is 3.06. The van der Waals surface area contributed by atoms with Gasteiger partial charge in [-0.2, -0.15) is 0 Å². The lowest BCUT2D eigenvalue weighted by Crippen LogP contribution is -2.46. The highest BCUT2D eigenvalue weighted by Crippen LogP contribution is 2.23. The lowest BCUT2D eigenvalue weighted by atomic mass is 9.93. The molecule has 0 aromatic carbocycles. The minimum atomic E-state index is -0.431. The molecule has 1 amide bonds. The van der Waals surface area contributed by atoms with Gasteiger partial charge in [0.1, 0.15) is 5.60 Å². The fourth-order valence-electron chi connectivity index (χ4n) is 1.92. The number of carbonyl (C=O) groups excluding carboxylic acids is 1. The normalized spacial score (nSPS) is 26.1. The predicted octanol–water partition coefficient (Wildman–Crippen LogP) is 2.66. The molecule has 0 N–H and O–H groups in total. The molecule has 0 aromatic rings. The summed E-state index contributed by atoms with van der Waals surface area (Å²) in [5.41, 5.74) is -0.431. The molecule has 1 aliphatic rings. The van der Waals surface area contributed by atoms with Crippen molar-refractivity contribution in [3.05, 3.63) is 0 Å². The van der Waals surface area contributed by atoms with Crippen LogP contribution in [-0.2, 0) is 4.74 Å². The van der Waals surface area contributed by atoms with E-state index in [0.717, 1.165) is 12.8 Å². The fraction of sp³-hybridized carbons (Fsp3) is 0.769. The van der Waals surface area contributed by atoms with E-state index in [1.54, 1.807) is 4.90 Å². The number of terminal acetylenes is 1. The molecule has 1 heterocycles. The second-order valence-corrected chi connectivity index (χ2v) is 5.41. The van der Waals surface area contributed by atoms with Gasteiger partial charge in [0.05, 0.1) is 0 Å². The molecule has 1 rings (SSSR count). The standard InChI is InChI=1S/C13H21NO2/c1-6-11-7-8-14(10(2)9-11)12(15)16-13(3,4)5/h1,10-11H,7-9H2,2-5H3. The molecule has 0 aromatic heterocycles. The van der Waals surface area contributed by atoms with Crippen molar-refractivity contribution in [1.29, 1.82) is 0 Å². The van der Waals surface area contributed by atoms with Crippen molar-refractivity contribution >= 4 is 6.09 Å². The molecular formula is C13H21NO2. The van der Waals surface area contributed by atoms with Crippen molar-refractivity contribution in [1.82, 2.24) is 4.90 Å². The lowest BCUT2D eigenvalue weighted by Gasteiger charge is -2.36. The van der Waals surface area contributed by atoms with E-state index >= 15 is 0 Å². The predicted molar refractivity (Wildman–Crippen MR) is 64.0 cm³/mol. The van der Waals surface area contributed by atoms with Crippen molar-refractivity contribution < 1.29 is 9.53 Å². The molecule has 0 bridgehead atoms. The first kappa shape index (κ1) is 12.9. The molecule has 0 saturated carbocycles. The summed E-state index contributed by atoms with van der Waals surface area (Å²) in [6.07, 6.45) is 6.92. The van der Waals surface area contributed by atoms with Gasteiger partial charge in [-0.05, 0) is 40.5 Å². The summed E-state index contributed by atoms with van der Waals surface area (Å²) in [6, 6.07) is 0.171. The lowest BCUT2D eigenvalue weighted by molar-refractivity contribution is 0.00956. The SMILES string of the molecule is C#CC1CCN(C(=O)OC(C)(C)C)C(C)C1. The van der Waals surface area contributed by atoms with Crippen LogP contribution >= 0.6 is 0 Å². The first-order chi connectivity index (χ1) is 7.33. The van der Waals surface area contributed by atoms with Gasteiger partial charge >= 0.3 is 6.09 Å². The summed E-state index contributed by atoms with van der Waals surface area (Å²) in [6.45, 7) is 8.36. The summed E-state index contributed by atoms with van der Waals surface area (Å²) in [5, 5.41) is 0. The van der Waals surface area contributed by atoms with E-state index in [-0.39, 0.29) is 12.1 Å². The van der Waals surface area contributed by atoms with E-state index < -0.39 is 5.60 Å². The van der Waals surface area contributed by atoms with Gasteiger partial charge in [-0.15, -0.1) is 12.3 Å². The van der Waals surface area contributed by atoms with Crippen molar-refractivity contribution in [3.8, 4) is 12.3 Å². The summed E-state index contributed by atoms with van der Waals surface area (Å²) < 4.78 is 5.35. The monoisotopic (exact) mass is 223 g/mol. The van der Waals surface area contributed by atoms with Gasteiger partial charge in [-0.3, -0.25) is 0 Å². The second-order valence-electron chi connectivity index (χ2n) is 5.41. The molecule has 0 aliphatic carbocycles. The molecule has 1 fully saturated rings. The maximum absolute atomic E-state index is 11.9. The topological polar surface area (TPSA) is 29.5 Å². The van der Waals surface area contributed by atoms with Gasteiger partial charge < -0.3 is 9.64 Å². The Morgan fingerprint density at radius 3 is 2.56 bits per heavy atom. The molecule has 90 valence electrons. The number of nitrogens with zero attached hydrogens (tertiary/aromatic N) is 1.